The molecule has 0 aliphatic carbocycles. The van der Waals surface area contributed by atoms with Crippen LogP contribution >= 0.6 is 0 Å². The van der Waals surface area contributed by atoms with Gasteiger partial charge in [0.25, 0.3) is 0 Å². The first-order valence-electron chi connectivity index (χ1n) is 10.3. The second-order valence-corrected chi connectivity index (χ2v) is 7.68. The summed E-state index contributed by atoms with van der Waals surface area (Å²) in [5, 5.41) is 13.0. The first-order valence-corrected chi connectivity index (χ1v) is 10.3. The Labute approximate surface area is 182 Å². The van der Waals surface area contributed by atoms with E-state index in [0.29, 0.717) is 42.7 Å². The predicted molar refractivity (Wildman–Crippen MR) is 115 cm³/mol. The van der Waals surface area contributed by atoms with Crippen molar-refractivity contribution >= 4 is 28.1 Å². The van der Waals surface area contributed by atoms with Crippen LogP contribution in [-0.2, 0) is 6.42 Å². The normalized spacial score (nSPS) is 13.5. The number of nitrogens with zero attached hydrogens (tertiary/aromatic N) is 2. The molecule has 0 atom stereocenters. The van der Waals surface area contributed by atoms with Gasteiger partial charge in [0.15, 0.2) is 6.61 Å². The fraction of sp³-hybridized carbons (Fsp3) is 0.348. The van der Waals surface area contributed by atoms with Crippen molar-refractivity contribution in [1.82, 2.24) is 4.98 Å². The average Bonchev–Trinajstić information content (AvgIpc) is 3.17. The van der Waals surface area contributed by atoms with E-state index in [1.165, 1.54) is 18.2 Å². The summed E-state index contributed by atoms with van der Waals surface area (Å²) in [6.45, 7) is 1.48. The van der Waals surface area contributed by atoms with Crippen LogP contribution in [0.1, 0.15) is 17.5 Å². The zero-order valence-electron chi connectivity index (χ0n) is 17.5. The first-order chi connectivity index (χ1) is 15.3. The lowest BCUT2D eigenvalue weighted by molar-refractivity contribution is -0.153. The Kier molecular flexibility index (Phi) is 6.10. The van der Waals surface area contributed by atoms with E-state index in [1.54, 1.807) is 18.2 Å². The SMILES string of the molecule is Cc1cc(F)ccc1N1CCc2c(NCCCO)nc3c(OCC(F)(F)F)cccc3c21. The van der Waals surface area contributed by atoms with E-state index in [2.05, 4.69) is 10.3 Å². The van der Waals surface area contributed by atoms with Crippen LogP contribution in [0.2, 0.25) is 0 Å². The summed E-state index contributed by atoms with van der Waals surface area (Å²) in [6.07, 6.45) is -3.32. The lowest BCUT2D eigenvalue weighted by Crippen LogP contribution is -2.19. The smallest absolute Gasteiger partial charge is 0.422 e. The zero-order chi connectivity index (χ0) is 22.9. The van der Waals surface area contributed by atoms with E-state index >= 15 is 0 Å². The number of para-hydroxylation sites is 1. The van der Waals surface area contributed by atoms with Crippen molar-refractivity contribution in [3.8, 4) is 5.75 Å². The molecule has 0 saturated carbocycles. The van der Waals surface area contributed by atoms with Crippen LogP contribution in [0.15, 0.2) is 36.4 Å². The van der Waals surface area contributed by atoms with Gasteiger partial charge in [-0.3, -0.25) is 0 Å². The van der Waals surface area contributed by atoms with E-state index in [4.69, 9.17) is 9.84 Å². The summed E-state index contributed by atoms with van der Waals surface area (Å²) in [4.78, 5) is 6.65. The molecule has 1 aliphatic heterocycles. The Hall–Kier alpha value is -3.07. The Morgan fingerprint density at radius 1 is 1.22 bits per heavy atom. The molecule has 0 spiro atoms. The maximum absolute atomic E-state index is 13.7. The Bertz CT molecular complexity index is 1130. The number of benzene rings is 2. The van der Waals surface area contributed by atoms with Crippen molar-refractivity contribution < 1.29 is 27.4 Å². The van der Waals surface area contributed by atoms with Gasteiger partial charge in [0.05, 0.1) is 5.69 Å². The summed E-state index contributed by atoms with van der Waals surface area (Å²) in [6, 6.07) is 9.46. The van der Waals surface area contributed by atoms with E-state index in [1.807, 2.05) is 11.8 Å². The second kappa shape index (κ2) is 8.82. The average molecular weight is 449 g/mol. The van der Waals surface area contributed by atoms with Crippen molar-refractivity contribution in [2.75, 3.05) is 36.5 Å². The number of fused-ring (bicyclic) bond motifs is 3. The maximum atomic E-state index is 13.7. The molecule has 2 heterocycles. The molecule has 1 aromatic heterocycles. The van der Waals surface area contributed by atoms with E-state index in [-0.39, 0.29) is 18.2 Å². The van der Waals surface area contributed by atoms with Gasteiger partial charge in [0.1, 0.15) is 22.9 Å². The highest BCUT2D eigenvalue weighted by Gasteiger charge is 2.31. The minimum Gasteiger partial charge on any atom is -0.482 e. The lowest BCUT2D eigenvalue weighted by atomic mass is 10.1. The van der Waals surface area contributed by atoms with Gasteiger partial charge in [-0.1, -0.05) is 12.1 Å². The molecule has 1 aliphatic rings. The van der Waals surface area contributed by atoms with Gasteiger partial charge in [-0.15, -0.1) is 0 Å². The lowest BCUT2D eigenvalue weighted by Gasteiger charge is -2.24. The number of aliphatic hydroxyl groups excluding tert-OH is 1. The second-order valence-electron chi connectivity index (χ2n) is 7.68. The molecule has 0 unspecified atom stereocenters. The number of hydrogen-bond donors (Lipinski definition) is 2. The Balaban J connectivity index is 1.86. The number of aromatic nitrogens is 1. The van der Waals surface area contributed by atoms with Gasteiger partial charge in [0.2, 0.25) is 0 Å². The molecule has 170 valence electrons. The fourth-order valence-corrected chi connectivity index (χ4v) is 4.03. The highest BCUT2D eigenvalue weighted by molar-refractivity contribution is 6.02. The number of halogens is 4. The van der Waals surface area contributed by atoms with Crippen LogP contribution in [0.3, 0.4) is 0 Å². The van der Waals surface area contributed by atoms with Crippen LogP contribution in [0.4, 0.5) is 34.8 Å². The van der Waals surface area contributed by atoms with Gasteiger partial charge in [-0.2, -0.15) is 13.2 Å². The predicted octanol–water partition coefficient (Wildman–Crippen LogP) is 5.11. The van der Waals surface area contributed by atoms with Crippen LogP contribution in [-0.4, -0.2) is 42.6 Å². The molecule has 4 rings (SSSR count). The standard InChI is InChI=1S/C23H23F4N3O2/c1-14-12-15(24)6-7-18(14)30-10-8-17-21(30)16-4-2-5-19(32-13-23(25,26)27)20(16)29-22(17)28-9-3-11-31/h2,4-7,12,31H,3,8-11,13H2,1H3,(H,28,29). The van der Waals surface area contributed by atoms with Crippen molar-refractivity contribution in [3.05, 3.63) is 53.3 Å². The van der Waals surface area contributed by atoms with Crippen molar-refractivity contribution in [2.45, 2.75) is 25.9 Å². The van der Waals surface area contributed by atoms with Gasteiger partial charge in [-0.25, -0.2) is 9.37 Å². The third kappa shape index (κ3) is 4.43. The van der Waals surface area contributed by atoms with Crippen molar-refractivity contribution in [2.24, 2.45) is 0 Å². The molecule has 32 heavy (non-hydrogen) atoms. The van der Waals surface area contributed by atoms with Gasteiger partial charge in [-0.05, 0) is 49.6 Å². The quantitative estimate of drug-likeness (QED) is 0.388. The summed E-state index contributed by atoms with van der Waals surface area (Å²) >= 11 is 0. The number of ether oxygens (including phenoxy) is 1. The number of nitrogens with one attached hydrogen (secondary N) is 1. The molecule has 5 nitrogen and oxygen atoms in total. The molecule has 0 radical (unpaired) electrons. The number of anilines is 3. The number of pyridine rings is 1. The van der Waals surface area contributed by atoms with Gasteiger partial charge >= 0.3 is 6.18 Å². The number of alkyl halides is 3. The third-order valence-corrected chi connectivity index (χ3v) is 5.37. The molecule has 3 aromatic rings. The van der Waals surface area contributed by atoms with Gasteiger partial charge < -0.3 is 20.1 Å². The summed E-state index contributed by atoms with van der Waals surface area (Å²) in [5.74, 6) is 0.251. The number of aliphatic hydroxyl groups is 1. The third-order valence-electron chi connectivity index (χ3n) is 5.37. The summed E-state index contributed by atoms with van der Waals surface area (Å²) < 4.78 is 57.1. The molecule has 0 fully saturated rings. The van der Waals surface area contributed by atoms with Crippen LogP contribution in [0.25, 0.3) is 10.9 Å². The molecule has 0 bridgehead atoms. The van der Waals surface area contributed by atoms with E-state index in [0.717, 1.165) is 22.5 Å². The Morgan fingerprint density at radius 2 is 2.03 bits per heavy atom. The molecular weight excluding hydrogens is 426 g/mol. The minimum atomic E-state index is -4.47. The number of rotatable bonds is 7. The first kappa shape index (κ1) is 22.1. The molecule has 0 saturated heterocycles. The largest absolute Gasteiger partial charge is 0.482 e. The van der Waals surface area contributed by atoms with E-state index in [9.17, 15) is 17.6 Å². The molecule has 2 aromatic carbocycles. The summed E-state index contributed by atoms with van der Waals surface area (Å²) in [5.41, 5.74) is 3.62. The fourth-order valence-electron chi connectivity index (χ4n) is 4.03. The molecule has 2 N–H and O–H groups in total. The topological polar surface area (TPSA) is 57.6 Å². The summed E-state index contributed by atoms with van der Waals surface area (Å²) in [7, 11) is 0. The van der Waals surface area contributed by atoms with Gasteiger partial charge in [0, 0.05) is 36.3 Å². The van der Waals surface area contributed by atoms with E-state index < -0.39 is 12.8 Å². The van der Waals surface area contributed by atoms with Crippen molar-refractivity contribution in [1.29, 1.82) is 0 Å². The highest BCUT2D eigenvalue weighted by Crippen LogP contribution is 2.45. The highest BCUT2D eigenvalue weighted by atomic mass is 19.4. The monoisotopic (exact) mass is 449 g/mol. The Morgan fingerprint density at radius 3 is 2.75 bits per heavy atom. The maximum Gasteiger partial charge on any atom is 0.422 e. The minimum absolute atomic E-state index is 0.00359. The van der Waals surface area contributed by atoms with Crippen LogP contribution < -0.4 is 15.0 Å². The number of hydrogen-bond acceptors (Lipinski definition) is 5. The molecule has 9 heteroatoms. The van der Waals surface area contributed by atoms with Crippen molar-refractivity contribution in [3.63, 3.8) is 0 Å². The van der Waals surface area contributed by atoms with Crippen LogP contribution in [0, 0.1) is 12.7 Å². The van der Waals surface area contributed by atoms with Crippen LogP contribution in [0.5, 0.6) is 5.75 Å². The number of aryl methyl sites for hydroxylation is 1. The molecular formula is C23H23F4N3O2. The zero-order valence-corrected chi connectivity index (χ0v) is 17.5. The molecule has 0 amide bonds.